The van der Waals surface area contributed by atoms with Gasteiger partial charge in [0.1, 0.15) is 0 Å². The van der Waals surface area contributed by atoms with Crippen molar-refractivity contribution in [3.8, 4) is 0 Å². The molecule has 0 aliphatic heterocycles. The molecule has 0 aromatic heterocycles. The van der Waals surface area contributed by atoms with Crippen LogP contribution >= 0.6 is 0 Å². The first-order valence-electron chi connectivity index (χ1n) is 7.96. The van der Waals surface area contributed by atoms with Crippen LogP contribution in [0, 0.1) is 0 Å². The van der Waals surface area contributed by atoms with Crippen LogP contribution in [0.4, 0.5) is 0 Å². The molecule has 0 fully saturated rings. The van der Waals surface area contributed by atoms with Gasteiger partial charge in [-0.2, -0.15) is 0 Å². The van der Waals surface area contributed by atoms with Gasteiger partial charge in [0.15, 0.2) is 0 Å². The molecule has 1 atom stereocenters. The molecule has 0 bridgehead atoms. The first-order chi connectivity index (χ1) is 9.30. The van der Waals surface area contributed by atoms with Gasteiger partial charge in [0.2, 0.25) is 0 Å². The van der Waals surface area contributed by atoms with Gasteiger partial charge < -0.3 is 10.1 Å². The number of hydrogen-bond donors (Lipinski definition) is 1. The summed E-state index contributed by atoms with van der Waals surface area (Å²) in [5, 5.41) is 12.6. The van der Waals surface area contributed by atoms with E-state index in [1.165, 1.54) is 50.8 Å². The maximum atomic E-state index is 9.12. The van der Waals surface area contributed by atoms with Crippen molar-refractivity contribution in [3.63, 3.8) is 0 Å². The highest BCUT2D eigenvalue weighted by molar-refractivity contribution is 6.01. The minimum atomic E-state index is 0.719. The lowest BCUT2D eigenvalue weighted by Crippen LogP contribution is -2.39. The van der Waals surface area contributed by atoms with Crippen molar-refractivity contribution in [1.29, 1.82) is 0 Å². The molecule has 1 unspecified atom stereocenters. The smallest absolute Gasteiger partial charge is 0.0827 e. The molecular weight excluding hydrogens is 236 g/mol. The highest BCUT2D eigenvalue weighted by Gasteiger charge is 2.29. The van der Waals surface area contributed by atoms with Crippen LogP contribution in [0.3, 0.4) is 0 Å². The van der Waals surface area contributed by atoms with Crippen LogP contribution in [0.1, 0.15) is 65.2 Å². The molecule has 3 nitrogen and oxygen atoms in total. The molecule has 0 amide bonds. The van der Waals surface area contributed by atoms with Crippen LogP contribution < -0.4 is 0 Å². The summed E-state index contributed by atoms with van der Waals surface area (Å²) in [6, 6.07) is 0.719. The third kappa shape index (κ3) is 3.38. The van der Waals surface area contributed by atoms with E-state index < -0.39 is 0 Å². The maximum Gasteiger partial charge on any atom is 0.0827 e. The van der Waals surface area contributed by atoms with Gasteiger partial charge in [-0.05, 0) is 70.0 Å². The molecule has 0 saturated carbocycles. The lowest BCUT2D eigenvalue weighted by molar-refractivity contribution is 0.179. The zero-order valence-electron chi connectivity index (χ0n) is 12.5. The van der Waals surface area contributed by atoms with E-state index in [0.29, 0.717) is 0 Å². The summed E-state index contributed by atoms with van der Waals surface area (Å²) < 4.78 is 0. The van der Waals surface area contributed by atoms with E-state index in [4.69, 9.17) is 5.21 Å². The Bertz CT molecular complexity index is 354. The molecule has 2 rings (SSSR count). The molecular formula is C16H28N2O. The summed E-state index contributed by atoms with van der Waals surface area (Å²) in [5.41, 5.74) is 3.93. The Morgan fingerprint density at radius 1 is 1.16 bits per heavy atom. The van der Waals surface area contributed by atoms with E-state index in [0.717, 1.165) is 31.0 Å². The van der Waals surface area contributed by atoms with Gasteiger partial charge in [0.05, 0.1) is 5.71 Å². The standard InChI is InChI=1S/C16H28N2O/c1-3-10-18(11-4-2)14-8-9-15-13(12-14)6-5-7-16(15)17-19/h14,19H,3-12H2,1-2H3/b17-16-. The van der Waals surface area contributed by atoms with Crippen LogP contribution in [0.2, 0.25) is 0 Å². The second-order valence-electron chi connectivity index (χ2n) is 5.91. The lowest BCUT2D eigenvalue weighted by atomic mass is 9.78. The molecule has 2 aliphatic carbocycles. The van der Waals surface area contributed by atoms with Crippen molar-refractivity contribution in [2.75, 3.05) is 13.1 Å². The van der Waals surface area contributed by atoms with Crippen LogP contribution in [-0.4, -0.2) is 35.0 Å². The van der Waals surface area contributed by atoms with E-state index in [-0.39, 0.29) is 0 Å². The van der Waals surface area contributed by atoms with Crippen molar-refractivity contribution < 1.29 is 5.21 Å². The number of allylic oxidation sites excluding steroid dienone is 1. The molecule has 0 aromatic carbocycles. The predicted molar refractivity (Wildman–Crippen MR) is 79.9 cm³/mol. The molecule has 0 saturated heterocycles. The quantitative estimate of drug-likeness (QED) is 0.602. The van der Waals surface area contributed by atoms with E-state index in [1.54, 1.807) is 5.57 Å². The van der Waals surface area contributed by atoms with Gasteiger partial charge in [-0.1, -0.05) is 24.6 Å². The maximum absolute atomic E-state index is 9.12. The normalized spacial score (nSPS) is 26.1. The minimum Gasteiger partial charge on any atom is -0.411 e. The highest BCUT2D eigenvalue weighted by Crippen LogP contribution is 2.36. The van der Waals surface area contributed by atoms with Crippen LogP contribution in [0.25, 0.3) is 0 Å². The van der Waals surface area contributed by atoms with Crippen LogP contribution in [-0.2, 0) is 0 Å². The summed E-state index contributed by atoms with van der Waals surface area (Å²) in [7, 11) is 0. The summed E-state index contributed by atoms with van der Waals surface area (Å²) >= 11 is 0. The van der Waals surface area contributed by atoms with Gasteiger partial charge in [-0.15, -0.1) is 0 Å². The first kappa shape index (κ1) is 14.6. The fourth-order valence-corrected chi connectivity index (χ4v) is 3.69. The first-order valence-corrected chi connectivity index (χ1v) is 7.96. The zero-order valence-corrected chi connectivity index (χ0v) is 12.5. The SMILES string of the molecule is CCCN(CCC)C1CCC2=C(CCC/C2=N/O)C1. The minimum absolute atomic E-state index is 0.719. The average Bonchev–Trinajstić information content (AvgIpc) is 2.45. The molecule has 3 heteroatoms. The topological polar surface area (TPSA) is 35.8 Å². The Morgan fingerprint density at radius 2 is 1.89 bits per heavy atom. The Kier molecular flexibility index (Phi) is 5.44. The van der Waals surface area contributed by atoms with Gasteiger partial charge in [-0.25, -0.2) is 0 Å². The third-order valence-electron chi connectivity index (χ3n) is 4.54. The number of rotatable bonds is 5. The predicted octanol–water partition coefficient (Wildman–Crippen LogP) is 3.97. The Labute approximate surface area is 117 Å². The third-order valence-corrected chi connectivity index (χ3v) is 4.54. The van der Waals surface area contributed by atoms with Gasteiger partial charge in [-0.3, -0.25) is 0 Å². The molecule has 19 heavy (non-hydrogen) atoms. The molecule has 0 spiro atoms. The monoisotopic (exact) mass is 264 g/mol. The molecule has 108 valence electrons. The van der Waals surface area contributed by atoms with Crippen molar-refractivity contribution >= 4 is 5.71 Å². The zero-order chi connectivity index (χ0) is 13.7. The lowest BCUT2D eigenvalue weighted by Gasteiger charge is -2.37. The summed E-state index contributed by atoms with van der Waals surface area (Å²) in [6.45, 7) is 6.99. The summed E-state index contributed by atoms with van der Waals surface area (Å²) in [4.78, 5) is 2.67. The Hall–Kier alpha value is -0.830. The highest BCUT2D eigenvalue weighted by atomic mass is 16.4. The van der Waals surface area contributed by atoms with Gasteiger partial charge in [0.25, 0.3) is 0 Å². The van der Waals surface area contributed by atoms with E-state index in [9.17, 15) is 0 Å². The van der Waals surface area contributed by atoms with Crippen LogP contribution in [0.5, 0.6) is 0 Å². The molecule has 0 aromatic rings. The fraction of sp³-hybridized carbons (Fsp3) is 0.812. The molecule has 0 heterocycles. The number of oxime groups is 1. The number of nitrogens with zero attached hydrogens (tertiary/aromatic N) is 2. The molecule has 2 aliphatic rings. The fourth-order valence-electron chi connectivity index (χ4n) is 3.69. The van der Waals surface area contributed by atoms with Crippen LogP contribution in [0.15, 0.2) is 16.3 Å². The van der Waals surface area contributed by atoms with Gasteiger partial charge >= 0.3 is 0 Å². The second-order valence-corrected chi connectivity index (χ2v) is 5.91. The Morgan fingerprint density at radius 3 is 2.53 bits per heavy atom. The average molecular weight is 264 g/mol. The molecule has 0 radical (unpaired) electrons. The van der Waals surface area contributed by atoms with Crippen molar-refractivity contribution in [3.05, 3.63) is 11.1 Å². The summed E-state index contributed by atoms with van der Waals surface area (Å²) in [6.07, 6.45) is 9.38. The van der Waals surface area contributed by atoms with E-state index in [2.05, 4.69) is 23.9 Å². The van der Waals surface area contributed by atoms with Crippen molar-refractivity contribution in [1.82, 2.24) is 4.90 Å². The van der Waals surface area contributed by atoms with Gasteiger partial charge in [0, 0.05) is 6.04 Å². The number of hydrogen-bond acceptors (Lipinski definition) is 3. The molecule has 1 N–H and O–H groups in total. The van der Waals surface area contributed by atoms with E-state index in [1.807, 2.05) is 0 Å². The largest absolute Gasteiger partial charge is 0.411 e. The van der Waals surface area contributed by atoms with Crippen molar-refractivity contribution in [2.24, 2.45) is 5.16 Å². The summed E-state index contributed by atoms with van der Waals surface area (Å²) in [5.74, 6) is 0. The Balaban J connectivity index is 2.07. The second kappa shape index (κ2) is 7.09. The van der Waals surface area contributed by atoms with Crippen molar-refractivity contribution in [2.45, 2.75) is 71.3 Å². The van der Waals surface area contributed by atoms with E-state index >= 15 is 0 Å².